The van der Waals surface area contributed by atoms with Gasteiger partial charge in [0.05, 0.1) is 4.70 Å². The van der Waals surface area contributed by atoms with Gasteiger partial charge in [0.2, 0.25) is 0 Å². The second kappa shape index (κ2) is 4.98. The van der Waals surface area contributed by atoms with Gasteiger partial charge in [0.15, 0.2) is 11.5 Å². The van der Waals surface area contributed by atoms with E-state index in [1.807, 2.05) is 25.3 Å². The average molecular weight is 320 g/mol. The zero-order chi connectivity index (χ0) is 16.1. The standard InChI is InChI=1S/C16H16O5S/c1-8(17)19-12-10-5-6-22-15(10)14-11(7-16(3,4)21-14)13(12)20-9(2)18/h5-6H,7H2,1-4H3. The molecule has 2 heterocycles. The molecule has 0 bridgehead atoms. The van der Waals surface area contributed by atoms with Crippen LogP contribution in [0.1, 0.15) is 33.3 Å². The van der Waals surface area contributed by atoms with Crippen molar-refractivity contribution in [3.8, 4) is 17.2 Å². The van der Waals surface area contributed by atoms with Gasteiger partial charge >= 0.3 is 11.9 Å². The molecule has 1 aromatic carbocycles. The Morgan fingerprint density at radius 1 is 1.18 bits per heavy atom. The van der Waals surface area contributed by atoms with Gasteiger partial charge in [-0.1, -0.05) is 0 Å². The molecule has 22 heavy (non-hydrogen) atoms. The Bertz CT molecular complexity index is 787. The van der Waals surface area contributed by atoms with Crippen molar-refractivity contribution >= 4 is 33.4 Å². The fraction of sp³-hybridized carbons (Fsp3) is 0.375. The lowest BCUT2D eigenvalue weighted by Crippen LogP contribution is -2.24. The van der Waals surface area contributed by atoms with Gasteiger partial charge in [-0.25, -0.2) is 0 Å². The molecule has 0 saturated carbocycles. The van der Waals surface area contributed by atoms with E-state index in [4.69, 9.17) is 14.2 Å². The SMILES string of the molecule is CC(=O)Oc1c2c(c3sccc3c1OC(C)=O)OC(C)(C)C2. The maximum absolute atomic E-state index is 11.5. The molecule has 0 amide bonds. The van der Waals surface area contributed by atoms with Crippen LogP contribution in [0.5, 0.6) is 17.2 Å². The van der Waals surface area contributed by atoms with Crippen molar-refractivity contribution < 1.29 is 23.8 Å². The summed E-state index contributed by atoms with van der Waals surface area (Å²) in [5, 5.41) is 2.61. The fourth-order valence-corrected chi connectivity index (χ4v) is 3.57. The molecule has 0 atom stereocenters. The topological polar surface area (TPSA) is 61.8 Å². The summed E-state index contributed by atoms with van der Waals surface area (Å²) >= 11 is 1.51. The average Bonchev–Trinajstić information content (AvgIpc) is 2.95. The number of thiophene rings is 1. The summed E-state index contributed by atoms with van der Waals surface area (Å²) in [4.78, 5) is 22.9. The van der Waals surface area contributed by atoms with Gasteiger partial charge in [0, 0.05) is 31.2 Å². The van der Waals surface area contributed by atoms with E-state index in [0.29, 0.717) is 23.3 Å². The smallest absolute Gasteiger partial charge is 0.308 e. The summed E-state index contributed by atoms with van der Waals surface area (Å²) < 4.78 is 17.6. The highest BCUT2D eigenvalue weighted by Gasteiger charge is 2.37. The van der Waals surface area contributed by atoms with E-state index < -0.39 is 17.5 Å². The summed E-state index contributed by atoms with van der Waals surface area (Å²) in [6, 6.07) is 1.83. The molecular formula is C16H16O5S. The molecule has 0 spiro atoms. The van der Waals surface area contributed by atoms with Crippen molar-refractivity contribution in [3.05, 3.63) is 17.0 Å². The van der Waals surface area contributed by atoms with E-state index in [2.05, 4.69) is 0 Å². The lowest BCUT2D eigenvalue weighted by molar-refractivity contribution is -0.134. The number of ether oxygens (including phenoxy) is 3. The zero-order valence-electron chi connectivity index (χ0n) is 12.8. The first kappa shape index (κ1) is 14.8. The van der Waals surface area contributed by atoms with Crippen LogP contribution in [0.15, 0.2) is 11.4 Å². The largest absolute Gasteiger partial charge is 0.486 e. The lowest BCUT2D eigenvalue weighted by Gasteiger charge is -2.16. The molecular weight excluding hydrogens is 304 g/mol. The Morgan fingerprint density at radius 2 is 1.82 bits per heavy atom. The first-order valence-corrected chi connectivity index (χ1v) is 7.78. The number of carbonyl (C=O) groups is 2. The van der Waals surface area contributed by atoms with Crippen molar-refractivity contribution in [2.24, 2.45) is 0 Å². The Morgan fingerprint density at radius 3 is 2.45 bits per heavy atom. The molecule has 0 unspecified atom stereocenters. The molecule has 6 heteroatoms. The maximum atomic E-state index is 11.5. The first-order chi connectivity index (χ1) is 10.3. The molecule has 2 aromatic rings. The van der Waals surface area contributed by atoms with Gasteiger partial charge in [-0.2, -0.15) is 0 Å². The predicted molar refractivity (Wildman–Crippen MR) is 82.9 cm³/mol. The van der Waals surface area contributed by atoms with Crippen LogP contribution in [0.2, 0.25) is 0 Å². The number of rotatable bonds is 2. The zero-order valence-corrected chi connectivity index (χ0v) is 13.6. The van der Waals surface area contributed by atoms with E-state index >= 15 is 0 Å². The normalized spacial score (nSPS) is 15.3. The predicted octanol–water partition coefficient (Wildman–Crippen LogP) is 3.47. The molecule has 0 radical (unpaired) electrons. The van der Waals surface area contributed by atoms with Crippen LogP contribution < -0.4 is 14.2 Å². The van der Waals surface area contributed by atoms with Crippen LogP contribution in [-0.4, -0.2) is 17.5 Å². The van der Waals surface area contributed by atoms with E-state index in [9.17, 15) is 9.59 Å². The van der Waals surface area contributed by atoms with Crippen molar-refractivity contribution in [3.63, 3.8) is 0 Å². The Balaban J connectivity index is 2.32. The molecule has 1 aromatic heterocycles. The summed E-state index contributed by atoms with van der Waals surface area (Å²) in [5.41, 5.74) is 0.370. The number of hydrogen-bond donors (Lipinski definition) is 0. The highest BCUT2D eigenvalue weighted by Crippen LogP contribution is 2.53. The molecule has 116 valence electrons. The third-order valence-corrected chi connectivity index (χ3v) is 4.26. The monoisotopic (exact) mass is 320 g/mol. The van der Waals surface area contributed by atoms with E-state index in [0.717, 1.165) is 10.3 Å². The molecule has 0 N–H and O–H groups in total. The second-order valence-corrected chi connectivity index (χ2v) is 6.77. The molecule has 5 nitrogen and oxygen atoms in total. The maximum Gasteiger partial charge on any atom is 0.308 e. The summed E-state index contributed by atoms with van der Waals surface area (Å²) in [7, 11) is 0. The van der Waals surface area contributed by atoms with Gasteiger partial charge in [-0.3, -0.25) is 9.59 Å². The highest BCUT2D eigenvalue weighted by molar-refractivity contribution is 7.17. The third-order valence-electron chi connectivity index (χ3n) is 3.34. The second-order valence-electron chi connectivity index (χ2n) is 5.86. The summed E-state index contributed by atoms with van der Waals surface area (Å²) in [6.45, 7) is 6.58. The van der Waals surface area contributed by atoms with Gasteiger partial charge < -0.3 is 14.2 Å². The minimum Gasteiger partial charge on any atom is -0.486 e. The van der Waals surface area contributed by atoms with Crippen molar-refractivity contribution in [2.45, 2.75) is 39.7 Å². The van der Waals surface area contributed by atoms with Crippen LogP contribution in [0.3, 0.4) is 0 Å². The molecule has 1 aliphatic heterocycles. The molecule has 0 saturated heterocycles. The van der Waals surface area contributed by atoms with Crippen LogP contribution in [0.4, 0.5) is 0 Å². The molecule has 0 fully saturated rings. The quantitative estimate of drug-likeness (QED) is 0.626. The number of esters is 2. The van der Waals surface area contributed by atoms with Crippen molar-refractivity contribution in [1.82, 2.24) is 0 Å². The summed E-state index contributed by atoms with van der Waals surface area (Å²) in [6.07, 6.45) is 0.576. The minimum atomic E-state index is -0.463. The molecule has 3 rings (SSSR count). The van der Waals surface area contributed by atoms with E-state index in [1.165, 1.54) is 25.2 Å². The van der Waals surface area contributed by atoms with Gasteiger partial charge in [-0.15, -0.1) is 11.3 Å². The molecule has 0 aliphatic carbocycles. The number of hydrogen-bond acceptors (Lipinski definition) is 6. The van der Waals surface area contributed by atoms with Crippen molar-refractivity contribution in [1.29, 1.82) is 0 Å². The van der Waals surface area contributed by atoms with Crippen LogP contribution >= 0.6 is 11.3 Å². The number of fused-ring (bicyclic) bond motifs is 3. The van der Waals surface area contributed by atoms with Crippen LogP contribution in [0.25, 0.3) is 10.1 Å². The Hall–Kier alpha value is -2.08. The van der Waals surface area contributed by atoms with Gasteiger partial charge in [0.1, 0.15) is 11.4 Å². The van der Waals surface area contributed by atoms with Crippen LogP contribution in [-0.2, 0) is 16.0 Å². The van der Waals surface area contributed by atoms with E-state index in [1.54, 1.807) is 0 Å². The van der Waals surface area contributed by atoms with Crippen LogP contribution in [0, 0.1) is 0 Å². The Labute approximate surface area is 131 Å². The fourth-order valence-electron chi connectivity index (χ4n) is 2.67. The lowest BCUT2D eigenvalue weighted by atomic mass is 9.99. The number of benzene rings is 1. The van der Waals surface area contributed by atoms with Gasteiger partial charge in [-0.05, 0) is 25.3 Å². The van der Waals surface area contributed by atoms with Gasteiger partial charge in [0.25, 0.3) is 0 Å². The molecule has 1 aliphatic rings. The minimum absolute atomic E-state index is 0.286. The summed E-state index contributed by atoms with van der Waals surface area (Å²) in [5.74, 6) is 0.365. The van der Waals surface area contributed by atoms with Crippen molar-refractivity contribution in [2.75, 3.05) is 0 Å². The highest BCUT2D eigenvalue weighted by atomic mass is 32.1. The van der Waals surface area contributed by atoms with E-state index in [-0.39, 0.29) is 5.75 Å². The number of carbonyl (C=O) groups excluding carboxylic acids is 2. The first-order valence-electron chi connectivity index (χ1n) is 6.90. The third kappa shape index (κ3) is 2.43. The Kier molecular flexibility index (Phi) is 3.36.